The first-order valence-electron chi connectivity index (χ1n) is 5.79. The lowest BCUT2D eigenvalue weighted by Gasteiger charge is -2.22. The van der Waals surface area contributed by atoms with Crippen molar-refractivity contribution in [2.24, 2.45) is 5.92 Å². The van der Waals surface area contributed by atoms with Gasteiger partial charge in [-0.25, -0.2) is 4.79 Å². The number of hydroxylamine groups is 1. The van der Waals surface area contributed by atoms with E-state index in [9.17, 15) is 9.59 Å². The van der Waals surface area contributed by atoms with Crippen molar-refractivity contribution in [2.75, 3.05) is 0 Å². The van der Waals surface area contributed by atoms with Crippen LogP contribution >= 0.6 is 0 Å². The Balaban J connectivity index is 2.52. The molecule has 1 rings (SSSR count). The summed E-state index contributed by atoms with van der Waals surface area (Å²) in [6.07, 6.45) is 7.43. The lowest BCUT2D eigenvalue weighted by molar-refractivity contribution is -0.154. The molecule has 0 aromatic heterocycles. The topological polar surface area (TPSA) is 55.4 Å². The summed E-state index contributed by atoms with van der Waals surface area (Å²) >= 11 is 0. The first-order chi connectivity index (χ1) is 7.65. The van der Waals surface area contributed by atoms with Gasteiger partial charge in [0.1, 0.15) is 0 Å². The van der Waals surface area contributed by atoms with Crippen LogP contribution in [0.1, 0.15) is 46.0 Å². The van der Waals surface area contributed by atoms with E-state index >= 15 is 0 Å². The maximum Gasteiger partial charge on any atom is 0.358 e. The summed E-state index contributed by atoms with van der Waals surface area (Å²) in [6, 6.07) is 0. The van der Waals surface area contributed by atoms with Crippen LogP contribution in [0.25, 0.3) is 0 Å². The van der Waals surface area contributed by atoms with Crippen molar-refractivity contribution in [3.63, 3.8) is 0 Å². The van der Waals surface area contributed by atoms with Crippen molar-refractivity contribution in [1.82, 2.24) is 5.48 Å². The molecular formula is C12H19NO3. The molecule has 4 nitrogen and oxygen atoms in total. The van der Waals surface area contributed by atoms with Crippen molar-refractivity contribution in [2.45, 2.75) is 46.0 Å². The Morgan fingerprint density at radius 3 is 2.38 bits per heavy atom. The fraction of sp³-hybridized carbons (Fsp3) is 0.667. The highest BCUT2D eigenvalue weighted by atomic mass is 16.7. The summed E-state index contributed by atoms with van der Waals surface area (Å²) in [7, 11) is 0. The van der Waals surface area contributed by atoms with Crippen molar-refractivity contribution in [1.29, 1.82) is 0 Å². The van der Waals surface area contributed by atoms with Crippen LogP contribution < -0.4 is 5.48 Å². The molecule has 1 amide bonds. The maximum absolute atomic E-state index is 11.7. The van der Waals surface area contributed by atoms with Crippen LogP contribution in [-0.2, 0) is 14.4 Å². The maximum atomic E-state index is 11.7. The van der Waals surface area contributed by atoms with E-state index in [4.69, 9.17) is 4.84 Å². The lowest BCUT2D eigenvalue weighted by Crippen LogP contribution is -2.27. The van der Waals surface area contributed by atoms with Crippen LogP contribution in [0.3, 0.4) is 0 Å². The first-order valence-corrected chi connectivity index (χ1v) is 5.79. The van der Waals surface area contributed by atoms with Gasteiger partial charge in [-0.15, -0.1) is 0 Å². The summed E-state index contributed by atoms with van der Waals surface area (Å²) in [5.74, 6) is -0.503. The van der Waals surface area contributed by atoms with E-state index in [2.05, 4.69) is 5.48 Å². The molecule has 0 unspecified atom stereocenters. The van der Waals surface area contributed by atoms with E-state index in [-0.39, 0.29) is 5.91 Å². The van der Waals surface area contributed by atoms with Gasteiger partial charge >= 0.3 is 5.97 Å². The highest BCUT2D eigenvalue weighted by Crippen LogP contribution is 2.30. The predicted octanol–water partition coefficient (Wildman–Crippen LogP) is 2.11. The minimum atomic E-state index is -0.426. The molecule has 4 heteroatoms. The average Bonchev–Trinajstić information content (AvgIpc) is 2.29. The van der Waals surface area contributed by atoms with E-state index in [0.717, 1.165) is 25.7 Å². The molecule has 0 heterocycles. The third-order valence-corrected chi connectivity index (χ3v) is 2.88. The number of hydrogen-bond acceptors (Lipinski definition) is 3. The lowest BCUT2D eigenvalue weighted by atomic mass is 9.83. The van der Waals surface area contributed by atoms with Gasteiger partial charge in [0.05, 0.1) is 0 Å². The number of allylic oxidation sites excluding steroid dienone is 1. The predicted molar refractivity (Wildman–Crippen MR) is 60.2 cm³/mol. The van der Waals surface area contributed by atoms with Crippen molar-refractivity contribution in [3.05, 3.63) is 11.6 Å². The molecular weight excluding hydrogens is 206 g/mol. The molecule has 1 N–H and O–H groups in total. The number of nitrogens with one attached hydrogen (secondary N) is 1. The van der Waals surface area contributed by atoms with E-state index in [1.165, 1.54) is 13.3 Å². The van der Waals surface area contributed by atoms with Gasteiger partial charge in [-0.1, -0.05) is 25.3 Å². The molecule has 0 aromatic rings. The van der Waals surface area contributed by atoms with Crippen LogP contribution in [0, 0.1) is 5.92 Å². The zero-order valence-electron chi connectivity index (χ0n) is 9.91. The molecule has 0 bridgehead atoms. The highest BCUT2D eigenvalue weighted by Gasteiger charge is 2.23. The van der Waals surface area contributed by atoms with Crippen LogP contribution in [0.5, 0.6) is 0 Å². The van der Waals surface area contributed by atoms with Crippen LogP contribution in [0.2, 0.25) is 0 Å². The molecule has 0 saturated heterocycles. The summed E-state index contributed by atoms with van der Waals surface area (Å²) < 4.78 is 0. The molecule has 1 saturated carbocycles. The van der Waals surface area contributed by atoms with E-state index < -0.39 is 5.97 Å². The molecule has 1 aliphatic rings. The Hall–Kier alpha value is -1.32. The zero-order chi connectivity index (χ0) is 12.0. The monoisotopic (exact) mass is 225 g/mol. The Bertz CT molecular complexity index is 291. The van der Waals surface area contributed by atoms with Crippen LogP contribution in [0.4, 0.5) is 0 Å². The number of rotatable bonds is 2. The van der Waals surface area contributed by atoms with Gasteiger partial charge in [0, 0.05) is 12.5 Å². The Morgan fingerprint density at radius 2 is 1.88 bits per heavy atom. The summed E-state index contributed by atoms with van der Waals surface area (Å²) in [5.41, 5.74) is 2.76. The molecule has 0 spiro atoms. The van der Waals surface area contributed by atoms with Crippen molar-refractivity contribution in [3.8, 4) is 0 Å². The van der Waals surface area contributed by atoms with E-state index in [1.807, 2.05) is 6.92 Å². The number of amides is 1. The smallest absolute Gasteiger partial charge is 0.336 e. The molecule has 1 fully saturated rings. The number of carbonyl (C=O) groups is 2. The van der Waals surface area contributed by atoms with Gasteiger partial charge in [-0.2, -0.15) is 5.48 Å². The second kappa shape index (κ2) is 6.30. The minimum Gasteiger partial charge on any atom is -0.336 e. The summed E-state index contributed by atoms with van der Waals surface area (Å²) in [5, 5.41) is 0. The molecule has 0 aliphatic heterocycles. The van der Waals surface area contributed by atoms with Gasteiger partial charge in [-0.3, -0.25) is 4.79 Å². The quantitative estimate of drug-likeness (QED) is 0.578. The Kier molecular flexibility index (Phi) is 5.02. The third-order valence-electron chi connectivity index (χ3n) is 2.88. The zero-order valence-corrected chi connectivity index (χ0v) is 9.91. The highest BCUT2D eigenvalue weighted by molar-refractivity contribution is 5.89. The Labute approximate surface area is 96.0 Å². The molecule has 1 aliphatic carbocycles. The summed E-state index contributed by atoms with van der Waals surface area (Å²) in [4.78, 5) is 27.0. The fourth-order valence-corrected chi connectivity index (χ4v) is 2.11. The standard InChI is InChI=1S/C12H19NO3/c1-3-11(10-7-5-4-6-8-10)12(15)16-13-9(2)14/h3,10H,4-8H2,1-2H3,(H,13,14). The molecule has 0 aromatic carbocycles. The number of carbonyl (C=O) groups excluding carboxylic acids is 2. The molecule has 16 heavy (non-hydrogen) atoms. The van der Waals surface area contributed by atoms with Gasteiger partial charge in [0.2, 0.25) is 5.91 Å². The SMILES string of the molecule is CC=C(C(=O)ONC(C)=O)C1CCCCC1. The number of hydrogen-bond donors (Lipinski definition) is 1. The molecule has 0 atom stereocenters. The van der Waals surface area contributed by atoms with Gasteiger partial charge < -0.3 is 4.84 Å². The van der Waals surface area contributed by atoms with Crippen LogP contribution in [-0.4, -0.2) is 11.9 Å². The van der Waals surface area contributed by atoms with Gasteiger partial charge in [0.15, 0.2) is 0 Å². The second-order valence-electron chi connectivity index (χ2n) is 4.13. The normalized spacial score (nSPS) is 18.0. The van der Waals surface area contributed by atoms with Gasteiger partial charge in [0.25, 0.3) is 0 Å². The first kappa shape index (κ1) is 12.7. The minimum absolute atomic E-state index is 0.292. The molecule has 90 valence electrons. The summed E-state index contributed by atoms with van der Waals surface area (Å²) in [6.45, 7) is 3.14. The van der Waals surface area contributed by atoms with E-state index in [1.54, 1.807) is 6.08 Å². The van der Waals surface area contributed by atoms with Crippen molar-refractivity contribution < 1.29 is 14.4 Å². The average molecular weight is 225 g/mol. The van der Waals surface area contributed by atoms with Gasteiger partial charge in [-0.05, 0) is 25.7 Å². The fourth-order valence-electron chi connectivity index (χ4n) is 2.11. The van der Waals surface area contributed by atoms with Crippen LogP contribution in [0.15, 0.2) is 11.6 Å². The van der Waals surface area contributed by atoms with Crippen molar-refractivity contribution >= 4 is 11.9 Å². The third kappa shape index (κ3) is 3.68. The largest absolute Gasteiger partial charge is 0.358 e. The Morgan fingerprint density at radius 1 is 1.25 bits per heavy atom. The molecule has 0 radical (unpaired) electrons. The second-order valence-corrected chi connectivity index (χ2v) is 4.13. The van der Waals surface area contributed by atoms with E-state index in [0.29, 0.717) is 11.5 Å².